The van der Waals surface area contributed by atoms with Crippen LogP contribution in [0.25, 0.3) is 0 Å². The quantitative estimate of drug-likeness (QED) is 0.521. The molecule has 2 N–H and O–H groups in total. The second kappa shape index (κ2) is 9.05. The minimum atomic E-state index is -1.24. The Morgan fingerprint density at radius 2 is 1.88 bits per heavy atom. The second-order valence-electron chi connectivity index (χ2n) is 8.06. The fourth-order valence-electron chi connectivity index (χ4n) is 4.03. The number of urea groups is 1. The molecule has 2 aromatic carbocycles. The third-order valence-electron chi connectivity index (χ3n) is 5.88. The number of nitrogens with zero attached hydrogens (tertiary/aromatic N) is 3. The van der Waals surface area contributed by atoms with Crippen molar-refractivity contribution in [2.24, 2.45) is 0 Å². The number of hydrogen-bond acceptors (Lipinski definition) is 4. The summed E-state index contributed by atoms with van der Waals surface area (Å²) in [5.41, 5.74) is 0.0215. The van der Waals surface area contributed by atoms with E-state index in [1.165, 1.54) is 10.9 Å². The van der Waals surface area contributed by atoms with Crippen molar-refractivity contribution >= 4 is 23.7 Å². The van der Waals surface area contributed by atoms with Gasteiger partial charge >= 0.3 is 6.03 Å². The molecule has 1 unspecified atom stereocenters. The Hall–Kier alpha value is -4.08. The molecule has 0 aliphatic carbocycles. The number of hydrogen-bond donors (Lipinski definition) is 2. The van der Waals surface area contributed by atoms with Crippen LogP contribution in [0.2, 0.25) is 0 Å². The van der Waals surface area contributed by atoms with Gasteiger partial charge in [0.2, 0.25) is 5.91 Å². The van der Waals surface area contributed by atoms with Gasteiger partial charge in [0.15, 0.2) is 0 Å². The summed E-state index contributed by atoms with van der Waals surface area (Å²) in [5, 5.41) is 9.49. The standard InChI is InChI=1S/C24H23F2N5O3/c1-3-24(17-7-5-4-6-8-17)22(33)30(23(34)29-24)14-20(32)28-21-15(2)12-27-31(21)13-16-11-18(25)9-10-19(16)26/h4-12H,3,13-14H2,1-2H3,(H,28,32)(H,29,34). The summed E-state index contributed by atoms with van der Waals surface area (Å²) < 4.78 is 28.9. The average molecular weight is 467 g/mol. The number of carbonyl (C=O) groups is 3. The van der Waals surface area contributed by atoms with Crippen LogP contribution >= 0.6 is 0 Å². The number of aromatic nitrogens is 2. The molecule has 10 heteroatoms. The van der Waals surface area contributed by atoms with Crippen molar-refractivity contribution in [1.29, 1.82) is 0 Å². The van der Waals surface area contributed by atoms with Gasteiger partial charge in [0, 0.05) is 11.1 Å². The lowest BCUT2D eigenvalue weighted by Gasteiger charge is -2.25. The Labute approximate surface area is 194 Å². The van der Waals surface area contributed by atoms with Crippen LogP contribution in [0.3, 0.4) is 0 Å². The zero-order valence-corrected chi connectivity index (χ0v) is 18.6. The van der Waals surface area contributed by atoms with E-state index in [2.05, 4.69) is 15.7 Å². The van der Waals surface area contributed by atoms with Crippen molar-refractivity contribution in [3.63, 3.8) is 0 Å². The lowest BCUT2D eigenvalue weighted by molar-refractivity contribution is -0.134. The van der Waals surface area contributed by atoms with Crippen LogP contribution in [-0.4, -0.2) is 39.1 Å². The minimum absolute atomic E-state index is 0.0586. The molecule has 176 valence electrons. The molecule has 1 aliphatic heterocycles. The van der Waals surface area contributed by atoms with Crippen LogP contribution in [0, 0.1) is 18.6 Å². The third-order valence-corrected chi connectivity index (χ3v) is 5.88. The van der Waals surface area contributed by atoms with Gasteiger partial charge in [-0.1, -0.05) is 37.3 Å². The molecule has 0 bridgehead atoms. The zero-order chi connectivity index (χ0) is 24.5. The van der Waals surface area contributed by atoms with Crippen molar-refractivity contribution in [1.82, 2.24) is 20.0 Å². The summed E-state index contributed by atoms with van der Waals surface area (Å²) in [4.78, 5) is 39.5. The predicted molar refractivity (Wildman–Crippen MR) is 120 cm³/mol. The molecule has 0 spiro atoms. The van der Waals surface area contributed by atoms with E-state index in [4.69, 9.17) is 0 Å². The molecule has 0 radical (unpaired) electrons. The van der Waals surface area contributed by atoms with Gasteiger partial charge in [0.1, 0.15) is 29.5 Å². The van der Waals surface area contributed by atoms with Crippen molar-refractivity contribution < 1.29 is 23.2 Å². The predicted octanol–water partition coefficient (Wildman–Crippen LogP) is 3.31. The lowest BCUT2D eigenvalue weighted by Crippen LogP contribution is -2.44. The van der Waals surface area contributed by atoms with Crippen LogP contribution in [0.4, 0.5) is 19.4 Å². The molecule has 4 amide bonds. The Bertz CT molecular complexity index is 1260. The second-order valence-corrected chi connectivity index (χ2v) is 8.06. The topological polar surface area (TPSA) is 96.3 Å². The van der Waals surface area contributed by atoms with E-state index >= 15 is 0 Å². The van der Waals surface area contributed by atoms with Gasteiger partial charge in [-0.2, -0.15) is 5.10 Å². The van der Waals surface area contributed by atoms with E-state index in [9.17, 15) is 23.2 Å². The normalized spacial score (nSPS) is 17.7. The molecule has 2 heterocycles. The van der Waals surface area contributed by atoms with Crippen LogP contribution < -0.4 is 10.6 Å². The smallest absolute Gasteiger partial charge is 0.319 e. The number of aryl methyl sites for hydroxylation is 1. The number of nitrogens with one attached hydrogen (secondary N) is 2. The van der Waals surface area contributed by atoms with Crippen LogP contribution in [0.5, 0.6) is 0 Å². The minimum Gasteiger partial charge on any atom is -0.319 e. The molecule has 8 nitrogen and oxygen atoms in total. The van der Waals surface area contributed by atoms with E-state index < -0.39 is 41.6 Å². The van der Waals surface area contributed by atoms with Crippen molar-refractivity contribution in [3.05, 3.63) is 83.1 Å². The summed E-state index contributed by atoms with van der Waals surface area (Å²) in [7, 11) is 0. The fraction of sp³-hybridized carbons (Fsp3) is 0.250. The van der Waals surface area contributed by atoms with Gasteiger partial charge in [-0.3, -0.25) is 14.5 Å². The largest absolute Gasteiger partial charge is 0.325 e. The van der Waals surface area contributed by atoms with Gasteiger partial charge in [-0.05, 0) is 37.1 Å². The van der Waals surface area contributed by atoms with Crippen molar-refractivity contribution in [2.45, 2.75) is 32.4 Å². The zero-order valence-electron chi connectivity index (χ0n) is 18.6. The molecule has 34 heavy (non-hydrogen) atoms. The molecule has 3 aromatic rings. The SMILES string of the molecule is CCC1(c2ccccc2)NC(=O)N(CC(=O)Nc2c(C)cnn2Cc2cc(F)ccc2F)C1=O. The third kappa shape index (κ3) is 4.14. The highest BCUT2D eigenvalue weighted by atomic mass is 19.1. The summed E-state index contributed by atoms with van der Waals surface area (Å²) >= 11 is 0. The first kappa shape index (κ1) is 23.1. The molecular formula is C24H23F2N5O3. The summed E-state index contributed by atoms with van der Waals surface area (Å²) in [6.45, 7) is 2.83. The van der Waals surface area contributed by atoms with Crippen molar-refractivity contribution in [2.75, 3.05) is 11.9 Å². The van der Waals surface area contributed by atoms with E-state index in [0.29, 0.717) is 17.5 Å². The van der Waals surface area contributed by atoms with Gasteiger partial charge < -0.3 is 10.6 Å². The molecule has 0 saturated carbocycles. The van der Waals surface area contributed by atoms with E-state index in [-0.39, 0.29) is 17.9 Å². The fourth-order valence-corrected chi connectivity index (χ4v) is 4.03. The molecule has 1 aliphatic rings. The highest BCUT2D eigenvalue weighted by Gasteiger charge is 2.51. The van der Waals surface area contributed by atoms with Gasteiger partial charge in [-0.25, -0.2) is 18.3 Å². The summed E-state index contributed by atoms with van der Waals surface area (Å²) in [6, 6.07) is 11.3. The van der Waals surface area contributed by atoms with Crippen LogP contribution in [0.1, 0.15) is 30.0 Å². The number of benzene rings is 2. The van der Waals surface area contributed by atoms with E-state index in [1.54, 1.807) is 44.2 Å². The number of rotatable bonds is 7. The number of halogens is 2. The van der Waals surface area contributed by atoms with Crippen LogP contribution in [0.15, 0.2) is 54.7 Å². The van der Waals surface area contributed by atoms with Crippen molar-refractivity contribution in [3.8, 4) is 0 Å². The van der Waals surface area contributed by atoms with Gasteiger partial charge in [0.05, 0.1) is 12.7 Å². The number of carbonyl (C=O) groups excluding carboxylic acids is 3. The number of amides is 4. The molecule has 1 atom stereocenters. The highest BCUT2D eigenvalue weighted by molar-refractivity contribution is 6.10. The maximum atomic E-state index is 14.1. The molecular weight excluding hydrogens is 444 g/mol. The first-order valence-corrected chi connectivity index (χ1v) is 10.7. The first-order valence-electron chi connectivity index (χ1n) is 10.7. The Morgan fingerprint density at radius 1 is 1.15 bits per heavy atom. The summed E-state index contributed by atoms with van der Waals surface area (Å²) in [5.74, 6) is -2.10. The molecule has 1 aromatic heterocycles. The Kier molecular flexibility index (Phi) is 6.14. The monoisotopic (exact) mass is 467 g/mol. The Balaban J connectivity index is 1.51. The maximum absolute atomic E-state index is 14.1. The molecule has 4 rings (SSSR count). The Morgan fingerprint density at radius 3 is 2.59 bits per heavy atom. The van der Waals surface area contributed by atoms with Crippen LogP contribution in [-0.2, 0) is 21.7 Å². The molecule has 1 saturated heterocycles. The van der Waals surface area contributed by atoms with Gasteiger partial charge in [0.25, 0.3) is 5.91 Å². The first-order chi connectivity index (χ1) is 16.2. The van der Waals surface area contributed by atoms with E-state index in [1.807, 2.05) is 0 Å². The average Bonchev–Trinajstić information content (AvgIpc) is 3.28. The number of imide groups is 1. The molecule has 1 fully saturated rings. The number of anilines is 1. The summed E-state index contributed by atoms with van der Waals surface area (Å²) in [6.07, 6.45) is 1.78. The van der Waals surface area contributed by atoms with E-state index in [0.717, 1.165) is 23.1 Å². The highest BCUT2D eigenvalue weighted by Crippen LogP contribution is 2.32. The van der Waals surface area contributed by atoms with Gasteiger partial charge in [-0.15, -0.1) is 0 Å². The lowest BCUT2D eigenvalue weighted by atomic mass is 9.87. The maximum Gasteiger partial charge on any atom is 0.325 e.